The molecule has 128 valence electrons. The fourth-order valence-corrected chi connectivity index (χ4v) is 3.90. The number of rotatable bonds is 2. The maximum absolute atomic E-state index is 12.9. The van der Waals surface area contributed by atoms with Crippen molar-refractivity contribution < 1.29 is 0 Å². The van der Waals surface area contributed by atoms with Gasteiger partial charge in [0.1, 0.15) is 9.53 Å². The molecule has 3 heterocycles. The number of anilines is 1. The molecule has 4 nitrogen and oxygen atoms in total. The van der Waals surface area contributed by atoms with Crippen molar-refractivity contribution in [2.75, 3.05) is 12.4 Å². The number of fused-ring (bicyclic) bond motifs is 3. The second-order valence-corrected chi connectivity index (χ2v) is 6.46. The first-order valence-corrected chi connectivity index (χ1v) is 9.18. The van der Waals surface area contributed by atoms with Gasteiger partial charge in [-0.3, -0.25) is 9.36 Å². The lowest BCUT2D eigenvalue weighted by Crippen LogP contribution is -2.16. The van der Waals surface area contributed by atoms with Gasteiger partial charge in [0, 0.05) is 41.6 Å². The summed E-state index contributed by atoms with van der Waals surface area (Å²) in [4.78, 5) is 18.2. The van der Waals surface area contributed by atoms with Gasteiger partial charge in [-0.15, -0.1) is 11.3 Å². The first-order valence-electron chi connectivity index (χ1n) is 8.36. The van der Waals surface area contributed by atoms with Crippen LogP contribution in [-0.4, -0.2) is 16.6 Å². The number of aromatic nitrogens is 2. The topological polar surface area (TPSA) is 46.9 Å². The summed E-state index contributed by atoms with van der Waals surface area (Å²) < 4.78 is 2.43. The Hall–Kier alpha value is -2.66. The second-order valence-electron chi connectivity index (χ2n) is 5.46. The van der Waals surface area contributed by atoms with E-state index in [2.05, 4.69) is 10.3 Å². The Morgan fingerprint density at radius 2 is 1.80 bits per heavy atom. The fraction of sp³-hybridized carbons (Fsp3) is 0.200. The monoisotopic (exact) mass is 351 g/mol. The zero-order valence-electron chi connectivity index (χ0n) is 14.8. The summed E-state index contributed by atoms with van der Waals surface area (Å²) in [7, 11) is 1.88. The summed E-state index contributed by atoms with van der Waals surface area (Å²) in [5.41, 5.74) is 3.04. The molecule has 0 amide bonds. The van der Waals surface area contributed by atoms with Crippen LogP contribution in [0.1, 0.15) is 19.4 Å². The molecule has 0 aliphatic carbocycles. The molecule has 4 rings (SSSR count). The molecule has 0 saturated heterocycles. The second kappa shape index (κ2) is 7.07. The van der Waals surface area contributed by atoms with Gasteiger partial charge in [0.2, 0.25) is 0 Å². The van der Waals surface area contributed by atoms with Gasteiger partial charge >= 0.3 is 0 Å². The molecule has 1 aromatic carbocycles. The van der Waals surface area contributed by atoms with Crippen LogP contribution in [0, 0.1) is 6.92 Å². The van der Waals surface area contributed by atoms with E-state index >= 15 is 0 Å². The molecule has 1 N–H and O–H groups in total. The van der Waals surface area contributed by atoms with Crippen molar-refractivity contribution in [2.24, 2.45) is 0 Å². The van der Waals surface area contributed by atoms with E-state index in [-0.39, 0.29) is 5.56 Å². The molecule has 0 spiro atoms. The van der Waals surface area contributed by atoms with Crippen LogP contribution in [-0.2, 0) is 0 Å². The zero-order valence-corrected chi connectivity index (χ0v) is 15.6. The van der Waals surface area contributed by atoms with Crippen LogP contribution in [0.3, 0.4) is 0 Å². The van der Waals surface area contributed by atoms with E-state index in [1.165, 1.54) is 16.9 Å². The largest absolute Gasteiger partial charge is 0.387 e. The minimum atomic E-state index is -0.00333. The average Bonchev–Trinajstić information content (AvgIpc) is 3.04. The van der Waals surface area contributed by atoms with E-state index in [9.17, 15) is 4.79 Å². The predicted octanol–water partition coefficient (Wildman–Crippen LogP) is 4.98. The van der Waals surface area contributed by atoms with Crippen LogP contribution < -0.4 is 10.9 Å². The van der Waals surface area contributed by atoms with Crippen LogP contribution >= 0.6 is 11.3 Å². The quantitative estimate of drug-likeness (QED) is 0.554. The standard InChI is InChI=1S/C18H15N3OS.C2H6/c1-11-3-5-12(6-4-11)21-10-8-13-15-14(19-2)7-9-20-17(15)23-16(13)18(21)22;1-2/h3-10H,1-2H3,(H,19,20);1-2H3. The number of hydrogen-bond donors (Lipinski definition) is 1. The third-order valence-corrected chi connectivity index (χ3v) is 5.12. The lowest BCUT2D eigenvalue weighted by Gasteiger charge is -2.06. The minimum Gasteiger partial charge on any atom is -0.387 e. The van der Waals surface area contributed by atoms with E-state index in [1.54, 1.807) is 10.8 Å². The molecule has 4 aromatic rings. The van der Waals surface area contributed by atoms with E-state index in [0.717, 1.165) is 31.7 Å². The smallest absolute Gasteiger partial charge is 0.273 e. The van der Waals surface area contributed by atoms with Crippen molar-refractivity contribution in [1.82, 2.24) is 9.55 Å². The fourth-order valence-electron chi connectivity index (χ4n) is 2.81. The number of nitrogens with zero attached hydrogens (tertiary/aromatic N) is 2. The molecular formula is C20H21N3OS. The first-order chi connectivity index (χ1) is 12.2. The number of thiophene rings is 1. The number of pyridine rings is 2. The summed E-state index contributed by atoms with van der Waals surface area (Å²) in [6, 6.07) is 11.9. The molecule has 0 atom stereocenters. The Morgan fingerprint density at radius 1 is 1.08 bits per heavy atom. The Morgan fingerprint density at radius 3 is 2.48 bits per heavy atom. The van der Waals surface area contributed by atoms with Crippen LogP contribution in [0.5, 0.6) is 0 Å². The van der Waals surface area contributed by atoms with Gasteiger partial charge in [-0.05, 0) is 31.2 Å². The number of aryl methyl sites for hydroxylation is 1. The molecule has 0 unspecified atom stereocenters. The molecule has 5 heteroatoms. The molecule has 0 aliphatic heterocycles. The Labute approximate surface area is 150 Å². The SMILES string of the molecule is CC.CNc1ccnc2sc3c(=O)n(-c4ccc(C)cc4)ccc3c12. The third-order valence-electron chi connectivity index (χ3n) is 4.01. The van der Waals surface area contributed by atoms with Crippen molar-refractivity contribution in [2.45, 2.75) is 20.8 Å². The third kappa shape index (κ3) is 2.91. The minimum absolute atomic E-state index is 0.00333. The Bertz CT molecular complexity index is 1080. The molecular weight excluding hydrogens is 330 g/mol. The van der Waals surface area contributed by atoms with Gasteiger partial charge in [0.15, 0.2) is 0 Å². The van der Waals surface area contributed by atoms with Gasteiger partial charge in [-0.2, -0.15) is 0 Å². The van der Waals surface area contributed by atoms with E-state index in [4.69, 9.17) is 0 Å². The molecule has 0 fully saturated rings. The normalized spacial score (nSPS) is 10.6. The van der Waals surface area contributed by atoms with Crippen LogP contribution in [0.2, 0.25) is 0 Å². The van der Waals surface area contributed by atoms with E-state index in [0.29, 0.717) is 0 Å². The molecule has 0 aliphatic rings. The summed E-state index contributed by atoms with van der Waals surface area (Å²) in [6.45, 7) is 6.03. The maximum Gasteiger partial charge on any atom is 0.273 e. The molecule has 0 saturated carbocycles. The highest BCUT2D eigenvalue weighted by Crippen LogP contribution is 2.35. The maximum atomic E-state index is 12.9. The van der Waals surface area contributed by atoms with Crippen molar-refractivity contribution >= 4 is 37.3 Å². The number of benzene rings is 1. The number of hydrogen-bond acceptors (Lipinski definition) is 4. The predicted molar refractivity (Wildman–Crippen MR) is 108 cm³/mol. The van der Waals surface area contributed by atoms with Gasteiger partial charge in [0.05, 0.1) is 0 Å². The average molecular weight is 351 g/mol. The van der Waals surface area contributed by atoms with Gasteiger partial charge in [0.25, 0.3) is 5.56 Å². The zero-order chi connectivity index (χ0) is 18.0. The molecule has 3 aromatic heterocycles. The van der Waals surface area contributed by atoms with Gasteiger partial charge in [-0.1, -0.05) is 31.5 Å². The van der Waals surface area contributed by atoms with E-state index in [1.807, 2.05) is 70.4 Å². The van der Waals surface area contributed by atoms with Gasteiger partial charge in [-0.25, -0.2) is 4.98 Å². The molecule has 0 bridgehead atoms. The van der Waals surface area contributed by atoms with Crippen molar-refractivity contribution in [3.63, 3.8) is 0 Å². The summed E-state index contributed by atoms with van der Waals surface area (Å²) in [6.07, 6.45) is 3.61. The van der Waals surface area contributed by atoms with E-state index < -0.39 is 0 Å². The van der Waals surface area contributed by atoms with Gasteiger partial charge < -0.3 is 5.32 Å². The van der Waals surface area contributed by atoms with Crippen LogP contribution in [0.25, 0.3) is 26.0 Å². The Balaban J connectivity index is 0.000000880. The first kappa shape index (κ1) is 17.2. The number of nitrogens with one attached hydrogen (secondary N) is 1. The highest BCUT2D eigenvalue weighted by Gasteiger charge is 2.14. The summed E-state index contributed by atoms with van der Waals surface area (Å²) in [5, 5.41) is 5.15. The molecule has 0 radical (unpaired) electrons. The lowest BCUT2D eigenvalue weighted by atomic mass is 10.2. The molecule has 25 heavy (non-hydrogen) atoms. The van der Waals surface area contributed by atoms with Crippen molar-refractivity contribution in [1.29, 1.82) is 0 Å². The highest BCUT2D eigenvalue weighted by molar-refractivity contribution is 7.25. The summed E-state index contributed by atoms with van der Waals surface area (Å²) in [5.74, 6) is 0. The Kier molecular flexibility index (Phi) is 4.86. The van der Waals surface area contributed by atoms with Crippen molar-refractivity contribution in [3.05, 3.63) is 64.7 Å². The summed E-state index contributed by atoms with van der Waals surface area (Å²) >= 11 is 1.45. The van der Waals surface area contributed by atoms with Crippen molar-refractivity contribution in [3.8, 4) is 5.69 Å². The lowest BCUT2D eigenvalue weighted by molar-refractivity contribution is 1.01. The van der Waals surface area contributed by atoms with Crippen LogP contribution in [0.4, 0.5) is 5.69 Å². The highest BCUT2D eigenvalue weighted by atomic mass is 32.1. The van der Waals surface area contributed by atoms with Crippen LogP contribution in [0.15, 0.2) is 53.6 Å².